The molecule has 0 aromatic rings. The van der Waals surface area contributed by atoms with E-state index in [-0.39, 0.29) is 0 Å². The molecule has 0 heterocycles. The van der Waals surface area contributed by atoms with Gasteiger partial charge in [0.05, 0.1) is 0 Å². The highest BCUT2D eigenvalue weighted by atomic mass is 14.2. The molecule has 3 aliphatic carbocycles. The molecule has 3 rings (SSSR count). The Morgan fingerprint density at radius 2 is 1.57 bits per heavy atom. The highest BCUT2D eigenvalue weighted by Crippen LogP contribution is 2.31. The Hall–Kier alpha value is -0.520. The van der Waals surface area contributed by atoms with Gasteiger partial charge in [0.2, 0.25) is 0 Å². The van der Waals surface area contributed by atoms with Gasteiger partial charge in [-0.2, -0.15) is 0 Å². The van der Waals surface area contributed by atoms with Gasteiger partial charge in [-0.1, -0.05) is 12.2 Å². The topological polar surface area (TPSA) is 0 Å². The highest BCUT2D eigenvalue weighted by Gasteiger charge is 2.12. The Labute approximate surface area is 43.5 Å². The standard InChI is InChI=1S/C7H8/c1-2-6-4-7(3-1)5-6/h4-5H,1-3H2. The van der Waals surface area contributed by atoms with Crippen molar-refractivity contribution in [2.75, 3.05) is 0 Å². The van der Waals surface area contributed by atoms with Crippen LogP contribution in [0.1, 0.15) is 19.3 Å². The van der Waals surface area contributed by atoms with E-state index in [0.717, 1.165) is 0 Å². The largest absolute Gasteiger partial charge is 0.0558 e. The van der Waals surface area contributed by atoms with Crippen LogP contribution in [0.5, 0.6) is 0 Å². The Balaban J connectivity index is 2.31. The molecule has 0 aliphatic heterocycles. The summed E-state index contributed by atoms with van der Waals surface area (Å²) in [4.78, 5) is 0. The number of hydrogen-bond donors (Lipinski definition) is 0. The van der Waals surface area contributed by atoms with E-state index in [4.69, 9.17) is 0 Å². The van der Waals surface area contributed by atoms with Crippen molar-refractivity contribution in [3.63, 3.8) is 0 Å². The first kappa shape index (κ1) is 3.48. The monoisotopic (exact) mass is 92.1 g/mol. The predicted octanol–water partition coefficient (Wildman–Crippen LogP) is 2.04. The Morgan fingerprint density at radius 1 is 1.00 bits per heavy atom. The van der Waals surface area contributed by atoms with Crippen molar-refractivity contribution in [2.24, 2.45) is 0 Å². The van der Waals surface area contributed by atoms with E-state index in [2.05, 4.69) is 12.2 Å². The van der Waals surface area contributed by atoms with E-state index in [1.165, 1.54) is 19.3 Å². The van der Waals surface area contributed by atoms with Crippen molar-refractivity contribution in [3.05, 3.63) is 23.3 Å². The highest BCUT2D eigenvalue weighted by molar-refractivity contribution is 5.46. The van der Waals surface area contributed by atoms with E-state index in [0.29, 0.717) is 0 Å². The molecule has 0 atom stereocenters. The van der Waals surface area contributed by atoms with Crippen molar-refractivity contribution in [1.29, 1.82) is 0 Å². The number of fused-ring (bicyclic) bond motifs is 2. The fraction of sp³-hybridized carbons (Fsp3) is 0.429. The lowest BCUT2D eigenvalue weighted by Crippen LogP contribution is -2.01. The van der Waals surface area contributed by atoms with E-state index in [1.807, 2.05) is 0 Å². The van der Waals surface area contributed by atoms with Gasteiger partial charge in [-0.05, 0) is 30.4 Å². The first-order valence-electron chi connectivity index (χ1n) is 2.86. The Morgan fingerprint density at radius 3 is 1.71 bits per heavy atom. The second kappa shape index (κ2) is 1.00. The first-order chi connectivity index (χ1) is 3.45. The van der Waals surface area contributed by atoms with Crippen LogP contribution in [0.25, 0.3) is 0 Å². The van der Waals surface area contributed by atoms with Crippen molar-refractivity contribution >= 4 is 0 Å². The van der Waals surface area contributed by atoms with Crippen LogP contribution in [0.15, 0.2) is 23.3 Å². The van der Waals surface area contributed by atoms with Gasteiger partial charge in [-0.25, -0.2) is 0 Å². The molecule has 0 saturated carbocycles. The minimum Gasteiger partial charge on any atom is -0.0558 e. The predicted molar refractivity (Wildman–Crippen MR) is 30.0 cm³/mol. The van der Waals surface area contributed by atoms with E-state index in [1.54, 1.807) is 11.1 Å². The van der Waals surface area contributed by atoms with Gasteiger partial charge in [0, 0.05) is 0 Å². The molecule has 0 aromatic heterocycles. The molecule has 0 spiro atoms. The maximum atomic E-state index is 2.31. The molecule has 2 bridgehead atoms. The third-order valence-electron chi connectivity index (χ3n) is 1.67. The maximum Gasteiger partial charge on any atom is -0.0276 e. The first-order valence-corrected chi connectivity index (χ1v) is 2.86. The van der Waals surface area contributed by atoms with Crippen molar-refractivity contribution < 1.29 is 0 Å². The van der Waals surface area contributed by atoms with Gasteiger partial charge in [0.25, 0.3) is 0 Å². The number of allylic oxidation sites excluding steroid dienone is 4. The fourth-order valence-electron chi connectivity index (χ4n) is 1.25. The van der Waals surface area contributed by atoms with E-state index < -0.39 is 0 Å². The number of hydrogen-bond acceptors (Lipinski definition) is 0. The molecule has 0 aromatic carbocycles. The van der Waals surface area contributed by atoms with Crippen molar-refractivity contribution in [3.8, 4) is 0 Å². The third-order valence-corrected chi connectivity index (χ3v) is 1.67. The molecule has 0 N–H and O–H groups in total. The second-order valence-corrected chi connectivity index (χ2v) is 2.29. The van der Waals surface area contributed by atoms with Gasteiger partial charge in [0.15, 0.2) is 0 Å². The fourth-order valence-corrected chi connectivity index (χ4v) is 1.25. The molecule has 0 unspecified atom stereocenters. The van der Waals surface area contributed by atoms with Crippen LogP contribution in [0, 0.1) is 0 Å². The molecular formula is C7H8. The molecule has 7 heavy (non-hydrogen) atoms. The average Bonchev–Trinajstić information content (AvgIpc) is 1.67. The van der Waals surface area contributed by atoms with Crippen LogP contribution >= 0.6 is 0 Å². The lowest BCUT2D eigenvalue weighted by molar-refractivity contribution is 0.764. The van der Waals surface area contributed by atoms with Gasteiger partial charge >= 0.3 is 0 Å². The van der Waals surface area contributed by atoms with E-state index in [9.17, 15) is 0 Å². The maximum absolute atomic E-state index is 2.31. The zero-order valence-electron chi connectivity index (χ0n) is 4.28. The molecule has 0 nitrogen and oxygen atoms in total. The van der Waals surface area contributed by atoms with Crippen LogP contribution < -0.4 is 0 Å². The molecule has 0 amide bonds. The van der Waals surface area contributed by atoms with Crippen LogP contribution in [0.2, 0.25) is 0 Å². The average molecular weight is 92.1 g/mol. The van der Waals surface area contributed by atoms with Gasteiger partial charge in [-0.3, -0.25) is 0 Å². The summed E-state index contributed by atoms with van der Waals surface area (Å²) in [7, 11) is 0. The third kappa shape index (κ3) is 0.365. The van der Waals surface area contributed by atoms with Crippen LogP contribution in [0.4, 0.5) is 0 Å². The molecule has 3 aliphatic rings. The zero-order chi connectivity index (χ0) is 4.69. The zero-order valence-corrected chi connectivity index (χ0v) is 4.28. The minimum absolute atomic E-state index is 1.34. The molecule has 0 fully saturated rings. The number of rotatable bonds is 0. The summed E-state index contributed by atoms with van der Waals surface area (Å²) in [5.74, 6) is 0. The summed E-state index contributed by atoms with van der Waals surface area (Å²) >= 11 is 0. The molecule has 0 saturated heterocycles. The summed E-state index contributed by atoms with van der Waals surface area (Å²) in [6.45, 7) is 0. The van der Waals surface area contributed by atoms with Crippen LogP contribution in [0.3, 0.4) is 0 Å². The van der Waals surface area contributed by atoms with Gasteiger partial charge in [0.1, 0.15) is 0 Å². The van der Waals surface area contributed by atoms with Gasteiger partial charge < -0.3 is 0 Å². The smallest absolute Gasteiger partial charge is 0.0276 e. The molecule has 0 heteroatoms. The summed E-state index contributed by atoms with van der Waals surface area (Å²) in [6, 6.07) is 0. The lowest BCUT2D eigenvalue weighted by Gasteiger charge is -2.20. The minimum atomic E-state index is 1.34. The van der Waals surface area contributed by atoms with Crippen LogP contribution in [-0.4, -0.2) is 0 Å². The summed E-state index contributed by atoms with van der Waals surface area (Å²) in [6.07, 6.45) is 8.69. The normalized spacial score (nSPS) is 25.1. The van der Waals surface area contributed by atoms with E-state index >= 15 is 0 Å². The molecule has 0 radical (unpaired) electrons. The Kier molecular flexibility index (Phi) is 0.498. The van der Waals surface area contributed by atoms with Gasteiger partial charge in [-0.15, -0.1) is 0 Å². The Bertz CT molecular complexity index is 126. The summed E-state index contributed by atoms with van der Waals surface area (Å²) in [5, 5.41) is 0. The SMILES string of the molecule is C1=C2C=C1CCC2. The summed E-state index contributed by atoms with van der Waals surface area (Å²) in [5.41, 5.74) is 3.14. The quantitative estimate of drug-likeness (QED) is 0.429. The van der Waals surface area contributed by atoms with Crippen LogP contribution in [-0.2, 0) is 0 Å². The summed E-state index contributed by atoms with van der Waals surface area (Å²) < 4.78 is 0. The lowest BCUT2D eigenvalue weighted by atomic mass is 9.85. The van der Waals surface area contributed by atoms with Crippen molar-refractivity contribution in [2.45, 2.75) is 19.3 Å². The molecule has 36 valence electrons. The van der Waals surface area contributed by atoms with Crippen molar-refractivity contribution in [1.82, 2.24) is 0 Å². The molecular weight excluding hydrogens is 84.1 g/mol. The second-order valence-electron chi connectivity index (χ2n) is 2.29.